The van der Waals surface area contributed by atoms with Crippen molar-refractivity contribution >= 4 is 23.1 Å². The van der Waals surface area contributed by atoms with Crippen LogP contribution in [0.4, 0.5) is 5.69 Å². The third-order valence-corrected chi connectivity index (χ3v) is 5.65. The summed E-state index contributed by atoms with van der Waals surface area (Å²) in [5.74, 6) is -0.289. The van der Waals surface area contributed by atoms with Crippen molar-refractivity contribution in [3.63, 3.8) is 0 Å². The second-order valence-corrected chi connectivity index (χ2v) is 8.61. The Labute approximate surface area is 205 Å². The molecule has 180 valence electrons. The highest BCUT2D eigenvalue weighted by atomic mass is 16.5. The first kappa shape index (κ1) is 24.1. The first-order chi connectivity index (χ1) is 16.9. The first-order valence-corrected chi connectivity index (χ1v) is 11.8. The van der Waals surface area contributed by atoms with E-state index >= 15 is 0 Å². The molecule has 4 rings (SSSR count). The number of rotatable bonds is 8. The second kappa shape index (κ2) is 10.5. The third-order valence-electron chi connectivity index (χ3n) is 5.65. The van der Waals surface area contributed by atoms with Crippen LogP contribution in [0.2, 0.25) is 0 Å². The van der Waals surface area contributed by atoms with E-state index in [1.807, 2.05) is 39.0 Å². The van der Waals surface area contributed by atoms with Crippen LogP contribution >= 0.6 is 0 Å². The topological polar surface area (TPSA) is 76.1 Å². The van der Waals surface area contributed by atoms with Gasteiger partial charge in [-0.2, -0.15) is 0 Å². The Kier molecular flexibility index (Phi) is 7.20. The number of carbonyl (C=O) groups is 2. The highest BCUT2D eigenvalue weighted by Crippen LogP contribution is 2.42. The summed E-state index contributed by atoms with van der Waals surface area (Å²) in [4.78, 5) is 27.9. The average molecular weight is 472 g/mol. The maximum absolute atomic E-state index is 13.2. The molecule has 3 aromatic rings. The summed E-state index contributed by atoms with van der Waals surface area (Å²) in [6.45, 7) is 6.49. The fourth-order valence-electron chi connectivity index (χ4n) is 4.09. The van der Waals surface area contributed by atoms with Crippen molar-refractivity contribution in [2.75, 3.05) is 11.5 Å². The average Bonchev–Trinajstić information content (AvgIpc) is 3.13. The number of amides is 1. The highest BCUT2D eigenvalue weighted by molar-refractivity contribution is 6.51. The van der Waals surface area contributed by atoms with Crippen LogP contribution in [0.25, 0.3) is 5.76 Å². The number of anilines is 1. The van der Waals surface area contributed by atoms with E-state index in [1.165, 1.54) is 4.90 Å². The van der Waals surface area contributed by atoms with Gasteiger partial charge in [0.2, 0.25) is 0 Å². The van der Waals surface area contributed by atoms with Gasteiger partial charge in [-0.1, -0.05) is 37.3 Å². The molecular weight excluding hydrogens is 442 g/mol. The minimum Gasteiger partial charge on any atom is -0.507 e. The lowest BCUT2D eigenvalue weighted by atomic mass is 9.95. The fraction of sp³-hybridized carbons (Fsp3) is 0.241. The van der Waals surface area contributed by atoms with Gasteiger partial charge in [0.05, 0.1) is 24.3 Å². The SMILES string of the molecule is CCCOc1ccc(/C(O)=C2/C(=O)C(=O)N(c3ccccc3)C2c2ccc(OC(C)C)cc2)cc1. The molecule has 1 saturated heterocycles. The Morgan fingerprint density at radius 1 is 0.914 bits per heavy atom. The van der Waals surface area contributed by atoms with Crippen LogP contribution in [0.15, 0.2) is 84.4 Å². The molecule has 1 fully saturated rings. The minimum atomic E-state index is -0.790. The van der Waals surface area contributed by atoms with Crippen LogP contribution in [0, 0.1) is 0 Å². The summed E-state index contributed by atoms with van der Waals surface area (Å²) in [6, 6.07) is 22.3. The molecule has 1 aliphatic rings. The number of aliphatic hydroxyl groups excluding tert-OH is 1. The van der Waals surface area contributed by atoms with Crippen molar-refractivity contribution < 1.29 is 24.2 Å². The molecule has 35 heavy (non-hydrogen) atoms. The monoisotopic (exact) mass is 471 g/mol. The van der Waals surface area contributed by atoms with Crippen LogP contribution in [-0.4, -0.2) is 29.5 Å². The molecule has 1 aliphatic heterocycles. The van der Waals surface area contributed by atoms with Crippen molar-refractivity contribution in [2.24, 2.45) is 0 Å². The van der Waals surface area contributed by atoms with E-state index in [-0.39, 0.29) is 17.4 Å². The highest BCUT2D eigenvalue weighted by Gasteiger charge is 2.46. The standard InChI is InChI=1S/C29H29NO5/c1-4-18-34-23-14-12-21(13-15-23)27(31)25-26(20-10-16-24(17-11-20)35-19(2)3)30(29(33)28(25)32)22-8-6-5-7-9-22/h5-17,19,26,31H,4,18H2,1-3H3/b27-25-. The van der Waals surface area contributed by atoms with Crippen molar-refractivity contribution in [3.05, 3.63) is 95.6 Å². The number of ketones is 1. The Morgan fingerprint density at radius 3 is 2.14 bits per heavy atom. The van der Waals surface area contributed by atoms with Crippen molar-refractivity contribution in [1.29, 1.82) is 0 Å². The zero-order valence-electron chi connectivity index (χ0n) is 20.1. The van der Waals surface area contributed by atoms with Gasteiger partial charge in [0, 0.05) is 11.3 Å². The van der Waals surface area contributed by atoms with E-state index in [0.717, 1.165) is 6.42 Å². The Hall–Kier alpha value is -4.06. The number of aliphatic hydroxyl groups is 1. The largest absolute Gasteiger partial charge is 0.507 e. The van der Waals surface area contributed by atoms with Crippen LogP contribution in [0.5, 0.6) is 11.5 Å². The Morgan fingerprint density at radius 2 is 1.54 bits per heavy atom. The zero-order valence-corrected chi connectivity index (χ0v) is 20.1. The number of hydrogen-bond acceptors (Lipinski definition) is 5. The molecule has 6 heteroatoms. The molecule has 6 nitrogen and oxygen atoms in total. The van der Waals surface area contributed by atoms with Gasteiger partial charge < -0.3 is 14.6 Å². The Bertz CT molecular complexity index is 1210. The maximum Gasteiger partial charge on any atom is 0.300 e. The van der Waals surface area contributed by atoms with Crippen molar-refractivity contribution in [1.82, 2.24) is 0 Å². The van der Waals surface area contributed by atoms with Gasteiger partial charge in [0.1, 0.15) is 17.3 Å². The predicted molar refractivity (Wildman–Crippen MR) is 136 cm³/mol. The van der Waals surface area contributed by atoms with E-state index in [1.54, 1.807) is 60.7 Å². The van der Waals surface area contributed by atoms with Gasteiger partial charge >= 0.3 is 0 Å². The van der Waals surface area contributed by atoms with Crippen LogP contribution < -0.4 is 14.4 Å². The van der Waals surface area contributed by atoms with Gasteiger partial charge in [-0.3, -0.25) is 14.5 Å². The van der Waals surface area contributed by atoms with Crippen LogP contribution in [0.3, 0.4) is 0 Å². The third kappa shape index (κ3) is 5.06. The summed E-state index contributed by atoms with van der Waals surface area (Å²) in [5, 5.41) is 11.3. The zero-order chi connectivity index (χ0) is 24.9. The van der Waals surface area contributed by atoms with Crippen molar-refractivity contribution in [3.8, 4) is 11.5 Å². The lowest BCUT2D eigenvalue weighted by Crippen LogP contribution is -2.29. The molecule has 0 bridgehead atoms. The summed E-state index contributed by atoms with van der Waals surface area (Å²) in [6.07, 6.45) is 0.895. The van der Waals surface area contributed by atoms with E-state index < -0.39 is 17.7 Å². The van der Waals surface area contributed by atoms with E-state index in [4.69, 9.17) is 9.47 Å². The molecule has 0 spiro atoms. The number of hydrogen-bond donors (Lipinski definition) is 1. The summed E-state index contributed by atoms with van der Waals surface area (Å²) in [5.41, 5.74) is 1.74. The lowest BCUT2D eigenvalue weighted by Gasteiger charge is -2.25. The molecule has 0 radical (unpaired) electrons. The quantitative estimate of drug-likeness (QED) is 0.252. The van der Waals surface area contributed by atoms with Gasteiger partial charge in [-0.05, 0) is 74.4 Å². The van der Waals surface area contributed by atoms with Crippen LogP contribution in [0.1, 0.15) is 44.4 Å². The first-order valence-electron chi connectivity index (χ1n) is 11.8. The number of benzene rings is 3. The molecule has 0 aromatic heterocycles. The van der Waals surface area contributed by atoms with E-state index in [2.05, 4.69) is 0 Å². The molecule has 1 amide bonds. The summed E-state index contributed by atoms with van der Waals surface area (Å²) >= 11 is 0. The Balaban J connectivity index is 1.80. The fourth-order valence-corrected chi connectivity index (χ4v) is 4.09. The molecule has 3 aromatic carbocycles. The van der Waals surface area contributed by atoms with Gasteiger partial charge in [-0.15, -0.1) is 0 Å². The molecule has 0 saturated carbocycles. The maximum atomic E-state index is 13.2. The number of ether oxygens (including phenoxy) is 2. The minimum absolute atomic E-state index is 0.0140. The molecule has 1 N–H and O–H groups in total. The summed E-state index contributed by atoms with van der Waals surface area (Å²) in [7, 11) is 0. The number of carbonyl (C=O) groups excluding carboxylic acids is 2. The van der Waals surface area contributed by atoms with E-state index in [9.17, 15) is 14.7 Å². The smallest absolute Gasteiger partial charge is 0.300 e. The number of Topliss-reactive ketones (excluding diaryl/α,β-unsaturated/α-hetero) is 1. The van der Waals surface area contributed by atoms with Crippen molar-refractivity contribution in [2.45, 2.75) is 39.3 Å². The normalized spacial score (nSPS) is 17.1. The van der Waals surface area contributed by atoms with Gasteiger partial charge in [0.15, 0.2) is 0 Å². The molecular formula is C29H29NO5. The number of para-hydroxylation sites is 1. The van der Waals surface area contributed by atoms with Crippen LogP contribution in [-0.2, 0) is 9.59 Å². The molecule has 1 unspecified atom stereocenters. The van der Waals surface area contributed by atoms with E-state index in [0.29, 0.717) is 34.9 Å². The second-order valence-electron chi connectivity index (χ2n) is 8.61. The molecule has 1 atom stereocenters. The molecule has 0 aliphatic carbocycles. The lowest BCUT2D eigenvalue weighted by molar-refractivity contribution is -0.132. The summed E-state index contributed by atoms with van der Waals surface area (Å²) < 4.78 is 11.4. The molecule has 1 heterocycles. The number of nitrogens with zero attached hydrogens (tertiary/aromatic N) is 1. The van der Waals surface area contributed by atoms with Gasteiger partial charge in [0.25, 0.3) is 11.7 Å². The van der Waals surface area contributed by atoms with Gasteiger partial charge in [-0.25, -0.2) is 0 Å². The predicted octanol–water partition coefficient (Wildman–Crippen LogP) is 5.89.